The highest BCUT2D eigenvalue weighted by atomic mass is 32.2. The molecule has 0 unspecified atom stereocenters. The van der Waals surface area contributed by atoms with Crippen LogP contribution in [0.25, 0.3) is 15.9 Å². The number of benzene rings is 1. The number of carbonyl (C=O) groups is 1. The van der Waals surface area contributed by atoms with E-state index in [9.17, 15) is 9.59 Å². The van der Waals surface area contributed by atoms with E-state index in [2.05, 4.69) is 5.32 Å². The quantitative estimate of drug-likeness (QED) is 0.417. The van der Waals surface area contributed by atoms with Crippen LogP contribution in [-0.2, 0) is 22.4 Å². The number of aromatic nitrogens is 2. The first-order valence-electron chi connectivity index (χ1n) is 11.7. The molecule has 1 aliphatic carbocycles. The molecule has 8 heteroatoms. The molecule has 0 saturated carbocycles. The van der Waals surface area contributed by atoms with Gasteiger partial charge in [0.05, 0.1) is 22.9 Å². The van der Waals surface area contributed by atoms with Crippen molar-refractivity contribution < 1.29 is 9.53 Å². The number of carbonyl (C=O) groups excluding carboxylic acids is 1. The van der Waals surface area contributed by atoms with Gasteiger partial charge in [-0.25, -0.2) is 4.98 Å². The molecule has 1 aromatic carbocycles. The molecule has 1 aliphatic heterocycles. The number of aryl methyl sites for hydroxylation is 4. The van der Waals surface area contributed by atoms with Crippen molar-refractivity contribution in [2.24, 2.45) is 0 Å². The second-order valence-electron chi connectivity index (χ2n) is 8.94. The first-order valence-corrected chi connectivity index (χ1v) is 13.5. The van der Waals surface area contributed by atoms with Crippen molar-refractivity contribution in [3.8, 4) is 5.69 Å². The van der Waals surface area contributed by atoms with Crippen LogP contribution < -0.4 is 10.9 Å². The van der Waals surface area contributed by atoms with E-state index in [1.54, 1.807) is 15.9 Å². The van der Waals surface area contributed by atoms with E-state index in [0.29, 0.717) is 11.7 Å². The van der Waals surface area contributed by atoms with E-state index in [1.807, 2.05) is 32.0 Å². The van der Waals surface area contributed by atoms with E-state index in [-0.39, 0.29) is 23.3 Å². The average Bonchev–Trinajstić information content (AvgIpc) is 3.45. The number of hydrogen-bond acceptors (Lipinski definition) is 6. The van der Waals surface area contributed by atoms with Crippen LogP contribution in [0.5, 0.6) is 0 Å². The van der Waals surface area contributed by atoms with E-state index >= 15 is 0 Å². The largest absolute Gasteiger partial charge is 0.376 e. The summed E-state index contributed by atoms with van der Waals surface area (Å²) in [6, 6.07) is 6.12. The van der Waals surface area contributed by atoms with E-state index in [0.717, 1.165) is 72.2 Å². The summed E-state index contributed by atoms with van der Waals surface area (Å²) in [7, 11) is 0. The number of thiophene rings is 1. The summed E-state index contributed by atoms with van der Waals surface area (Å²) >= 11 is 2.97. The van der Waals surface area contributed by atoms with Crippen LogP contribution in [0.1, 0.15) is 47.3 Å². The van der Waals surface area contributed by atoms with Gasteiger partial charge in [0.15, 0.2) is 5.16 Å². The third-order valence-corrected chi connectivity index (χ3v) is 8.57. The molecule has 6 nitrogen and oxygen atoms in total. The van der Waals surface area contributed by atoms with Gasteiger partial charge in [-0.1, -0.05) is 23.9 Å². The van der Waals surface area contributed by atoms with Gasteiger partial charge in [0.2, 0.25) is 5.91 Å². The van der Waals surface area contributed by atoms with Gasteiger partial charge in [-0.2, -0.15) is 0 Å². The zero-order valence-electron chi connectivity index (χ0n) is 19.1. The number of nitrogens with one attached hydrogen (secondary N) is 1. The maximum Gasteiger partial charge on any atom is 0.267 e. The summed E-state index contributed by atoms with van der Waals surface area (Å²) < 4.78 is 7.32. The lowest BCUT2D eigenvalue weighted by atomic mass is 9.97. The minimum Gasteiger partial charge on any atom is -0.376 e. The number of amides is 1. The van der Waals surface area contributed by atoms with Crippen LogP contribution in [0.2, 0.25) is 0 Å². The molecule has 3 heterocycles. The molecule has 1 atom stereocenters. The smallest absolute Gasteiger partial charge is 0.267 e. The Kier molecular flexibility index (Phi) is 6.58. The highest BCUT2D eigenvalue weighted by Gasteiger charge is 2.24. The van der Waals surface area contributed by atoms with Crippen LogP contribution in [0, 0.1) is 13.8 Å². The molecular weight excluding hydrogens is 454 g/mol. The molecule has 0 radical (unpaired) electrons. The molecule has 1 N–H and O–H groups in total. The Hall–Kier alpha value is -2.16. The molecular formula is C25H29N3O3S2. The molecule has 33 heavy (non-hydrogen) atoms. The SMILES string of the molecule is Cc1ccc(C)c(-n2c(SCC(=O)NC[C@@H]3CCCO3)nc3sc4c(c3c2=O)CCCC4)c1. The number of hydrogen-bond donors (Lipinski definition) is 1. The van der Waals surface area contributed by atoms with Crippen molar-refractivity contribution in [1.29, 1.82) is 0 Å². The molecule has 2 aliphatic rings. The molecule has 2 aromatic heterocycles. The standard InChI is InChI=1S/C25H29N3O3S2/c1-15-9-10-16(2)19(12-15)28-24(30)22-18-7-3-4-8-20(18)33-23(22)27-25(28)32-14-21(29)26-13-17-6-5-11-31-17/h9-10,12,17H,3-8,11,13-14H2,1-2H3,(H,26,29)/t17-/m0/s1. The van der Waals surface area contributed by atoms with Crippen molar-refractivity contribution in [3.63, 3.8) is 0 Å². The minimum absolute atomic E-state index is 0.0182. The lowest BCUT2D eigenvalue weighted by Gasteiger charge is -2.16. The Balaban J connectivity index is 1.51. The van der Waals surface area contributed by atoms with E-state index < -0.39 is 0 Å². The van der Waals surface area contributed by atoms with Crippen LogP contribution in [0.15, 0.2) is 28.2 Å². The third kappa shape index (κ3) is 4.61. The third-order valence-electron chi connectivity index (χ3n) is 6.45. The molecule has 1 saturated heterocycles. The fraction of sp³-hybridized carbons (Fsp3) is 0.480. The predicted octanol–water partition coefficient (Wildman–Crippen LogP) is 4.33. The van der Waals surface area contributed by atoms with Crippen LogP contribution in [0.4, 0.5) is 0 Å². The van der Waals surface area contributed by atoms with Crippen molar-refractivity contribution in [3.05, 3.63) is 50.1 Å². The molecule has 1 amide bonds. The summed E-state index contributed by atoms with van der Waals surface area (Å²) in [4.78, 5) is 33.5. The number of nitrogens with zero attached hydrogens (tertiary/aromatic N) is 2. The molecule has 5 rings (SSSR count). The fourth-order valence-electron chi connectivity index (χ4n) is 4.67. The van der Waals surface area contributed by atoms with Gasteiger partial charge in [-0.15, -0.1) is 11.3 Å². The highest BCUT2D eigenvalue weighted by molar-refractivity contribution is 7.99. The maximum atomic E-state index is 13.9. The van der Waals surface area contributed by atoms with Crippen molar-refractivity contribution in [1.82, 2.24) is 14.9 Å². The van der Waals surface area contributed by atoms with Gasteiger partial charge < -0.3 is 10.1 Å². The lowest BCUT2D eigenvalue weighted by Crippen LogP contribution is -2.33. The van der Waals surface area contributed by atoms with Gasteiger partial charge in [0.25, 0.3) is 5.56 Å². The number of ether oxygens (including phenoxy) is 1. The molecule has 1 fully saturated rings. The normalized spacial score (nSPS) is 17.9. The summed E-state index contributed by atoms with van der Waals surface area (Å²) in [6.45, 7) is 5.34. The summed E-state index contributed by atoms with van der Waals surface area (Å²) in [5.74, 6) is 0.142. The summed E-state index contributed by atoms with van der Waals surface area (Å²) in [6.07, 6.45) is 6.39. The average molecular weight is 484 g/mol. The van der Waals surface area contributed by atoms with Gasteiger partial charge in [-0.3, -0.25) is 14.2 Å². The summed E-state index contributed by atoms with van der Waals surface area (Å²) in [5.41, 5.74) is 4.10. The monoisotopic (exact) mass is 483 g/mol. The van der Waals surface area contributed by atoms with Crippen molar-refractivity contribution >= 4 is 39.2 Å². The number of fused-ring (bicyclic) bond motifs is 3. The first kappa shape index (κ1) is 22.6. The Labute approximate surface area is 201 Å². The Bertz CT molecular complexity index is 1260. The lowest BCUT2D eigenvalue weighted by molar-refractivity contribution is -0.119. The second kappa shape index (κ2) is 9.60. The van der Waals surface area contributed by atoms with Crippen molar-refractivity contribution in [2.45, 2.75) is 63.6 Å². The number of thioether (sulfide) groups is 1. The minimum atomic E-state index is -0.0668. The first-order chi connectivity index (χ1) is 16.0. The predicted molar refractivity (Wildman–Crippen MR) is 134 cm³/mol. The number of rotatable bonds is 6. The van der Waals surface area contributed by atoms with Gasteiger partial charge in [-0.05, 0) is 75.1 Å². The van der Waals surface area contributed by atoms with Crippen molar-refractivity contribution in [2.75, 3.05) is 18.9 Å². The Morgan fingerprint density at radius 1 is 1.27 bits per heavy atom. The van der Waals surface area contributed by atoms with Gasteiger partial charge in [0.1, 0.15) is 4.83 Å². The summed E-state index contributed by atoms with van der Waals surface area (Å²) in [5, 5.41) is 4.31. The molecule has 174 valence electrons. The second-order valence-corrected chi connectivity index (χ2v) is 11.0. The van der Waals surface area contributed by atoms with E-state index in [1.165, 1.54) is 22.2 Å². The van der Waals surface area contributed by atoms with Crippen LogP contribution in [-0.4, -0.2) is 40.5 Å². The van der Waals surface area contributed by atoms with E-state index in [4.69, 9.17) is 9.72 Å². The highest BCUT2D eigenvalue weighted by Crippen LogP contribution is 2.35. The van der Waals surface area contributed by atoms with Gasteiger partial charge in [0, 0.05) is 18.0 Å². The van der Waals surface area contributed by atoms with Crippen LogP contribution >= 0.6 is 23.1 Å². The van der Waals surface area contributed by atoms with Gasteiger partial charge >= 0.3 is 0 Å². The zero-order valence-corrected chi connectivity index (χ0v) is 20.7. The maximum absolute atomic E-state index is 13.9. The van der Waals surface area contributed by atoms with Crippen LogP contribution in [0.3, 0.4) is 0 Å². The molecule has 0 bridgehead atoms. The molecule has 0 spiro atoms. The topological polar surface area (TPSA) is 73.2 Å². The Morgan fingerprint density at radius 2 is 2.12 bits per heavy atom. The molecule has 3 aromatic rings. The zero-order chi connectivity index (χ0) is 22.9. The fourth-order valence-corrected chi connectivity index (χ4v) is 6.81. The Morgan fingerprint density at radius 3 is 2.94 bits per heavy atom.